The molecule has 1 aliphatic heterocycles. The van der Waals surface area contributed by atoms with E-state index >= 15 is 0 Å². The summed E-state index contributed by atoms with van der Waals surface area (Å²) >= 11 is 5.79. The number of aliphatic hydroxyl groups excluding tert-OH is 1. The minimum absolute atomic E-state index is 0.0173. The molecule has 1 aliphatic carbocycles. The maximum absolute atomic E-state index is 12.3. The molecule has 3 N–H and O–H groups in total. The number of carbonyl (C=O) groups is 1. The summed E-state index contributed by atoms with van der Waals surface area (Å²) < 4.78 is 33.0. The molecule has 3 rings (SSSR count). The number of carbonyl (C=O) groups excluding carboxylic acids is 1. The lowest BCUT2D eigenvalue weighted by atomic mass is 9.97. The first kappa shape index (κ1) is 21.5. The van der Waals surface area contributed by atoms with E-state index in [9.17, 15) is 18.3 Å². The van der Waals surface area contributed by atoms with Gasteiger partial charge in [-0.1, -0.05) is 11.6 Å². The summed E-state index contributed by atoms with van der Waals surface area (Å²) in [5.74, 6) is 0.530. The lowest BCUT2D eigenvalue weighted by molar-refractivity contribution is -0.128. The average Bonchev–Trinajstić information content (AvgIpc) is 3.47. The molecule has 2 fully saturated rings. The number of sulfonamides is 1. The normalized spacial score (nSPS) is 25.4. The lowest BCUT2D eigenvalue weighted by Gasteiger charge is -2.36. The Morgan fingerprint density at radius 2 is 1.89 bits per heavy atom. The van der Waals surface area contributed by atoms with Crippen LogP contribution in [0.2, 0.25) is 5.02 Å². The van der Waals surface area contributed by atoms with E-state index in [0.29, 0.717) is 36.6 Å². The van der Waals surface area contributed by atoms with Gasteiger partial charge in [-0.15, -0.1) is 0 Å². The summed E-state index contributed by atoms with van der Waals surface area (Å²) in [5.41, 5.74) is 0. The Bertz CT molecular complexity index is 767. The molecule has 2 aliphatic rings. The quantitative estimate of drug-likeness (QED) is 0.554. The van der Waals surface area contributed by atoms with E-state index in [0.717, 1.165) is 12.8 Å². The van der Waals surface area contributed by atoms with Gasteiger partial charge in [-0.2, -0.15) is 0 Å². The molecule has 0 aromatic heterocycles. The van der Waals surface area contributed by atoms with Crippen molar-refractivity contribution in [2.24, 2.45) is 5.92 Å². The lowest BCUT2D eigenvalue weighted by Crippen LogP contribution is -2.51. The molecule has 156 valence electrons. The van der Waals surface area contributed by atoms with Crippen LogP contribution in [0.1, 0.15) is 38.5 Å². The first-order valence-corrected chi connectivity index (χ1v) is 11.5. The summed E-state index contributed by atoms with van der Waals surface area (Å²) in [6.45, 7) is 0.0495. The monoisotopic (exact) mass is 430 g/mol. The van der Waals surface area contributed by atoms with E-state index in [2.05, 4.69) is 10.0 Å². The maximum atomic E-state index is 12.3. The third-order valence-electron chi connectivity index (χ3n) is 5.20. The first-order valence-electron chi connectivity index (χ1n) is 9.68. The Morgan fingerprint density at radius 3 is 2.54 bits per heavy atom. The molecule has 1 aromatic carbocycles. The fraction of sp³-hybridized carbons (Fsp3) is 0.632. The van der Waals surface area contributed by atoms with Gasteiger partial charge in [-0.25, -0.2) is 13.1 Å². The van der Waals surface area contributed by atoms with Gasteiger partial charge in [0.25, 0.3) is 0 Å². The molecule has 1 amide bonds. The minimum atomic E-state index is -3.60. The number of halogens is 1. The Morgan fingerprint density at radius 1 is 1.18 bits per heavy atom. The molecule has 1 saturated carbocycles. The molecule has 9 heteroatoms. The van der Waals surface area contributed by atoms with Gasteiger partial charge in [-0.3, -0.25) is 4.79 Å². The summed E-state index contributed by atoms with van der Waals surface area (Å²) in [4.78, 5) is 12.2. The standard InChI is InChI=1S/C19H27ClN2O5S/c20-14-3-6-16(7-4-14)28(25,26)21-10-9-15-5-8-17(18(12-23)27-15)22-19(24)11-13-1-2-13/h3-4,6-7,13,15,17-18,21,23H,1-2,5,8-12H2,(H,22,24)/t15-,17+,18+/m1/s1. The molecule has 0 spiro atoms. The molecule has 28 heavy (non-hydrogen) atoms. The molecule has 1 aromatic rings. The predicted octanol–water partition coefficient (Wildman–Crippen LogP) is 1.83. The largest absolute Gasteiger partial charge is 0.394 e. The number of nitrogens with one attached hydrogen (secondary N) is 2. The van der Waals surface area contributed by atoms with Crippen molar-refractivity contribution < 1.29 is 23.1 Å². The zero-order valence-electron chi connectivity index (χ0n) is 15.6. The summed E-state index contributed by atoms with van der Waals surface area (Å²) in [7, 11) is -3.60. The van der Waals surface area contributed by atoms with Crippen molar-refractivity contribution in [3.05, 3.63) is 29.3 Å². The van der Waals surface area contributed by atoms with E-state index in [-0.39, 0.29) is 36.1 Å². The molecule has 7 nitrogen and oxygen atoms in total. The van der Waals surface area contributed by atoms with Crippen molar-refractivity contribution in [3.8, 4) is 0 Å². The number of rotatable bonds is 9. The number of benzene rings is 1. The van der Waals surface area contributed by atoms with Crippen LogP contribution in [0.3, 0.4) is 0 Å². The number of ether oxygens (including phenoxy) is 1. The van der Waals surface area contributed by atoms with Crippen LogP contribution in [0.5, 0.6) is 0 Å². The van der Waals surface area contributed by atoms with Gasteiger partial charge in [0.15, 0.2) is 0 Å². The molecular formula is C19H27ClN2O5S. The number of amides is 1. The molecule has 3 atom stereocenters. The van der Waals surface area contributed by atoms with Crippen LogP contribution in [0.25, 0.3) is 0 Å². The van der Waals surface area contributed by atoms with Crippen LogP contribution in [0.15, 0.2) is 29.2 Å². The second-order valence-electron chi connectivity index (χ2n) is 7.52. The number of hydrogen-bond donors (Lipinski definition) is 3. The van der Waals surface area contributed by atoms with Crippen molar-refractivity contribution >= 4 is 27.5 Å². The van der Waals surface area contributed by atoms with E-state index < -0.39 is 16.1 Å². The molecule has 0 radical (unpaired) electrons. The Kier molecular flexibility index (Phi) is 7.33. The first-order chi connectivity index (χ1) is 13.4. The second-order valence-corrected chi connectivity index (χ2v) is 9.72. The summed E-state index contributed by atoms with van der Waals surface area (Å²) in [5, 5.41) is 13.1. The van der Waals surface area contributed by atoms with Crippen LogP contribution in [-0.4, -0.2) is 50.8 Å². The predicted molar refractivity (Wildman–Crippen MR) is 106 cm³/mol. The SMILES string of the molecule is O=C(CC1CC1)N[C@H]1CC[C@H](CCNS(=O)(=O)c2ccc(Cl)cc2)O[C@H]1CO. The fourth-order valence-electron chi connectivity index (χ4n) is 3.41. The second kappa shape index (κ2) is 9.54. The van der Waals surface area contributed by atoms with Crippen molar-refractivity contribution in [3.63, 3.8) is 0 Å². The van der Waals surface area contributed by atoms with Gasteiger partial charge in [0.1, 0.15) is 6.10 Å². The zero-order valence-corrected chi connectivity index (χ0v) is 17.2. The van der Waals surface area contributed by atoms with Crippen LogP contribution in [0, 0.1) is 5.92 Å². The van der Waals surface area contributed by atoms with Crippen LogP contribution in [0.4, 0.5) is 0 Å². The van der Waals surface area contributed by atoms with Crippen molar-refractivity contribution in [1.29, 1.82) is 0 Å². The highest BCUT2D eigenvalue weighted by atomic mass is 35.5. The van der Waals surface area contributed by atoms with Gasteiger partial charge in [0.05, 0.1) is 23.6 Å². The van der Waals surface area contributed by atoms with E-state index in [4.69, 9.17) is 16.3 Å². The molecular weight excluding hydrogens is 404 g/mol. The third kappa shape index (κ3) is 6.15. The maximum Gasteiger partial charge on any atom is 0.240 e. The fourth-order valence-corrected chi connectivity index (χ4v) is 4.58. The molecule has 0 bridgehead atoms. The average molecular weight is 431 g/mol. The summed E-state index contributed by atoms with van der Waals surface area (Å²) in [6, 6.07) is 5.78. The van der Waals surface area contributed by atoms with Crippen molar-refractivity contribution in [1.82, 2.24) is 10.0 Å². The van der Waals surface area contributed by atoms with E-state index in [1.54, 1.807) is 0 Å². The highest BCUT2D eigenvalue weighted by Crippen LogP contribution is 2.32. The van der Waals surface area contributed by atoms with Crippen LogP contribution < -0.4 is 10.0 Å². The minimum Gasteiger partial charge on any atom is -0.394 e. The Hall–Kier alpha value is -1.19. The smallest absolute Gasteiger partial charge is 0.240 e. The van der Waals surface area contributed by atoms with Crippen molar-refractivity contribution in [2.45, 2.75) is 61.7 Å². The van der Waals surface area contributed by atoms with Gasteiger partial charge < -0.3 is 15.2 Å². The van der Waals surface area contributed by atoms with Crippen molar-refractivity contribution in [2.75, 3.05) is 13.2 Å². The van der Waals surface area contributed by atoms with E-state index in [1.165, 1.54) is 24.3 Å². The Balaban J connectivity index is 1.44. The van der Waals surface area contributed by atoms with Crippen LogP contribution >= 0.6 is 11.6 Å². The summed E-state index contributed by atoms with van der Waals surface area (Å²) in [6.07, 6.45) is 4.05. The topological polar surface area (TPSA) is 105 Å². The highest BCUT2D eigenvalue weighted by molar-refractivity contribution is 7.89. The highest BCUT2D eigenvalue weighted by Gasteiger charge is 2.33. The van der Waals surface area contributed by atoms with Crippen LogP contribution in [-0.2, 0) is 19.6 Å². The van der Waals surface area contributed by atoms with Gasteiger partial charge in [0, 0.05) is 18.0 Å². The van der Waals surface area contributed by atoms with E-state index in [1.807, 2.05) is 0 Å². The molecule has 1 saturated heterocycles. The number of aliphatic hydroxyl groups is 1. The third-order valence-corrected chi connectivity index (χ3v) is 6.92. The molecule has 1 heterocycles. The Labute approximate surface area is 170 Å². The number of hydrogen-bond acceptors (Lipinski definition) is 5. The van der Waals surface area contributed by atoms with Gasteiger partial charge in [-0.05, 0) is 62.3 Å². The van der Waals surface area contributed by atoms with Gasteiger partial charge >= 0.3 is 0 Å². The zero-order chi connectivity index (χ0) is 20.1. The molecule has 0 unspecified atom stereocenters. The van der Waals surface area contributed by atoms with Gasteiger partial charge in [0.2, 0.25) is 15.9 Å².